The number of carbonyl (C=O) groups excluding carboxylic acids is 1. The minimum Gasteiger partial charge on any atom is -1.00 e. The van der Waals surface area contributed by atoms with Crippen LogP contribution in [-0.2, 0) is 4.79 Å². The van der Waals surface area contributed by atoms with Crippen molar-refractivity contribution in [2.45, 2.75) is 39.0 Å². The number of aliphatic carboxylic acids is 1. The fourth-order valence-corrected chi connectivity index (χ4v) is 0.696. The summed E-state index contributed by atoms with van der Waals surface area (Å²) >= 11 is 0. The Balaban J connectivity index is -0.000000107. The molecule has 70 valence electrons. The van der Waals surface area contributed by atoms with Gasteiger partial charge in [-0.3, -0.25) is 0 Å². The smallest absolute Gasteiger partial charge is 1.00 e. The van der Waals surface area contributed by atoms with Crippen molar-refractivity contribution in [3.05, 3.63) is 0 Å². The normalized spacial score (nSPS) is 7.08. The van der Waals surface area contributed by atoms with E-state index in [-0.39, 0.29) is 66.2 Å². The van der Waals surface area contributed by atoms with Crippen LogP contribution in [-0.4, -0.2) is 31.8 Å². The second-order valence-electron chi connectivity index (χ2n) is 2.18. The molecule has 0 unspecified atom stereocenters. The van der Waals surface area contributed by atoms with E-state index in [2.05, 4.69) is 6.92 Å². The number of carbonyl (C=O) groups is 1. The first-order valence-electron chi connectivity index (χ1n) is 3.47. The SMILES string of the molecule is CCCCCCC(=O)[O-].[Br-].[Br-].[In+3]. The third-order valence-corrected chi connectivity index (χ3v) is 1.23. The van der Waals surface area contributed by atoms with Gasteiger partial charge in [-0.05, 0) is 12.8 Å². The van der Waals surface area contributed by atoms with E-state index in [1.54, 1.807) is 0 Å². The summed E-state index contributed by atoms with van der Waals surface area (Å²) in [4.78, 5) is 9.85. The first-order chi connectivity index (χ1) is 4.27. The van der Waals surface area contributed by atoms with Crippen LogP contribution in [0.3, 0.4) is 0 Å². The van der Waals surface area contributed by atoms with E-state index in [1.165, 1.54) is 0 Å². The van der Waals surface area contributed by atoms with Crippen LogP contribution in [0.25, 0.3) is 0 Å². The van der Waals surface area contributed by atoms with Crippen molar-refractivity contribution in [3.8, 4) is 0 Å². The fourth-order valence-electron chi connectivity index (χ4n) is 0.696. The van der Waals surface area contributed by atoms with Crippen LogP contribution in [0.1, 0.15) is 39.0 Å². The molecule has 0 radical (unpaired) electrons. The number of halogens is 2. The van der Waals surface area contributed by atoms with Crippen LogP contribution >= 0.6 is 0 Å². The van der Waals surface area contributed by atoms with E-state index in [0.717, 1.165) is 25.7 Å². The predicted molar refractivity (Wildman–Crippen MR) is 39.5 cm³/mol. The topological polar surface area (TPSA) is 40.1 Å². The summed E-state index contributed by atoms with van der Waals surface area (Å²) in [7, 11) is 0. The molecule has 0 spiro atoms. The van der Waals surface area contributed by atoms with Gasteiger partial charge in [-0.2, -0.15) is 0 Å². The molecule has 0 aromatic rings. The van der Waals surface area contributed by atoms with Crippen molar-refractivity contribution >= 4 is 31.8 Å². The number of carboxylic acid groups (broad SMARTS) is 1. The Hall–Kier alpha value is 1.30. The number of hydrogen-bond acceptors (Lipinski definition) is 2. The van der Waals surface area contributed by atoms with Gasteiger partial charge in [0.1, 0.15) is 0 Å². The summed E-state index contributed by atoms with van der Waals surface area (Å²) in [5, 5.41) is 9.85. The Morgan fingerprint density at radius 2 is 1.67 bits per heavy atom. The Kier molecular flexibility index (Phi) is 35.2. The molecule has 0 aliphatic rings. The molecule has 0 aliphatic carbocycles. The first-order valence-corrected chi connectivity index (χ1v) is 3.47. The van der Waals surface area contributed by atoms with Crippen LogP contribution in [0.15, 0.2) is 0 Å². The minimum atomic E-state index is -0.925. The molecule has 0 fully saturated rings. The van der Waals surface area contributed by atoms with Crippen molar-refractivity contribution in [2.75, 3.05) is 0 Å². The Labute approximate surface area is 114 Å². The molecule has 0 N–H and O–H groups in total. The van der Waals surface area contributed by atoms with Gasteiger partial charge in [0.2, 0.25) is 0 Å². The summed E-state index contributed by atoms with van der Waals surface area (Å²) in [6, 6.07) is 0. The number of carboxylic acids is 1. The quantitative estimate of drug-likeness (QED) is 0.429. The van der Waals surface area contributed by atoms with Gasteiger partial charge >= 0.3 is 25.8 Å². The van der Waals surface area contributed by atoms with E-state index < -0.39 is 5.97 Å². The van der Waals surface area contributed by atoms with E-state index in [9.17, 15) is 9.90 Å². The molecule has 0 saturated carbocycles. The molecule has 0 aliphatic heterocycles. The molecule has 0 amide bonds. The zero-order valence-electron chi connectivity index (χ0n) is 7.19. The summed E-state index contributed by atoms with van der Waals surface area (Å²) in [5.74, 6) is -0.925. The van der Waals surface area contributed by atoms with Gasteiger partial charge in [0.05, 0.1) is 0 Å². The van der Waals surface area contributed by atoms with Crippen LogP contribution in [0.4, 0.5) is 0 Å². The average Bonchev–Trinajstić information content (AvgIpc) is 1.80. The van der Waals surface area contributed by atoms with Gasteiger partial charge in [-0.15, -0.1) is 0 Å². The molecule has 0 atom stereocenters. The maximum Gasteiger partial charge on any atom is 3.00 e. The van der Waals surface area contributed by atoms with Gasteiger partial charge in [0.25, 0.3) is 0 Å². The second kappa shape index (κ2) is 18.2. The Bertz CT molecular complexity index is 91.5. The zero-order chi connectivity index (χ0) is 7.11. The molecule has 0 aromatic heterocycles. The van der Waals surface area contributed by atoms with Crippen molar-refractivity contribution in [3.63, 3.8) is 0 Å². The third-order valence-electron chi connectivity index (χ3n) is 1.23. The number of hydrogen-bond donors (Lipinski definition) is 0. The zero-order valence-corrected chi connectivity index (χ0v) is 13.7. The van der Waals surface area contributed by atoms with E-state index in [1.807, 2.05) is 0 Å². The molecular formula is C7H13Br2InO2. The molecule has 0 aromatic carbocycles. The van der Waals surface area contributed by atoms with Crippen LogP contribution < -0.4 is 39.1 Å². The Morgan fingerprint density at radius 1 is 1.17 bits per heavy atom. The standard InChI is InChI=1S/C7H14O2.2BrH.In/c1-2-3-4-5-6-7(8)9;;;/h2-6H2,1H3,(H,8,9);2*1H;/q;;;+3/p-3. The van der Waals surface area contributed by atoms with Crippen LogP contribution in [0.5, 0.6) is 0 Å². The summed E-state index contributed by atoms with van der Waals surface area (Å²) in [6.45, 7) is 2.10. The van der Waals surface area contributed by atoms with Crippen molar-refractivity contribution in [1.29, 1.82) is 0 Å². The first kappa shape index (κ1) is 23.3. The third kappa shape index (κ3) is 22.5. The molecule has 0 heterocycles. The molecule has 0 rings (SSSR count). The summed E-state index contributed by atoms with van der Waals surface area (Å²) < 4.78 is 0. The predicted octanol–water partition coefficient (Wildman–Crippen LogP) is -5.67. The summed E-state index contributed by atoms with van der Waals surface area (Å²) in [6.07, 6.45) is 4.29. The molecule has 5 heteroatoms. The van der Waals surface area contributed by atoms with Gasteiger partial charge < -0.3 is 43.9 Å². The number of rotatable bonds is 5. The monoisotopic (exact) mass is 402 g/mol. The van der Waals surface area contributed by atoms with E-state index in [0.29, 0.717) is 0 Å². The largest absolute Gasteiger partial charge is 3.00 e. The van der Waals surface area contributed by atoms with Crippen molar-refractivity contribution in [1.82, 2.24) is 0 Å². The maximum absolute atomic E-state index is 9.85. The second-order valence-corrected chi connectivity index (χ2v) is 2.18. The van der Waals surface area contributed by atoms with Crippen LogP contribution in [0, 0.1) is 0 Å². The average molecular weight is 404 g/mol. The number of unbranched alkanes of at least 4 members (excludes halogenated alkanes) is 3. The molecule has 0 saturated heterocycles. The van der Waals surface area contributed by atoms with Crippen molar-refractivity contribution < 1.29 is 43.9 Å². The fraction of sp³-hybridized carbons (Fsp3) is 0.857. The van der Waals surface area contributed by atoms with Crippen LogP contribution in [0.2, 0.25) is 0 Å². The molecule has 0 bridgehead atoms. The van der Waals surface area contributed by atoms with Gasteiger partial charge in [-0.25, -0.2) is 0 Å². The molecular weight excluding hydrogens is 391 g/mol. The van der Waals surface area contributed by atoms with Gasteiger partial charge in [0.15, 0.2) is 0 Å². The van der Waals surface area contributed by atoms with Gasteiger partial charge in [-0.1, -0.05) is 26.2 Å². The molecule has 12 heavy (non-hydrogen) atoms. The van der Waals surface area contributed by atoms with Gasteiger partial charge in [0, 0.05) is 5.97 Å². The Morgan fingerprint density at radius 3 is 2.00 bits per heavy atom. The maximum atomic E-state index is 9.85. The summed E-state index contributed by atoms with van der Waals surface area (Å²) in [5.41, 5.74) is 0. The molecule has 2 nitrogen and oxygen atoms in total. The minimum absolute atomic E-state index is 0. The van der Waals surface area contributed by atoms with E-state index >= 15 is 0 Å². The van der Waals surface area contributed by atoms with E-state index in [4.69, 9.17) is 0 Å². The van der Waals surface area contributed by atoms with Crippen molar-refractivity contribution in [2.24, 2.45) is 0 Å².